The second-order valence-corrected chi connectivity index (χ2v) is 7.16. The van der Waals surface area contributed by atoms with Gasteiger partial charge in [0.25, 0.3) is 0 Å². The Morgan fingerprint density at radius 2 is 2.00 bits per heavy atom. The quantitative estimate of drug-likeness (QED) is 0.755. The van der Waals surface area contributed by atoms with Crippen molar-refractivity contribution >= 4 is 11.9 Å². The highest BCUT2D eigenvalue weighted by atomic mass is 19.1. The fourth-order valence-electron chi connectivity index (χ4n) is 3.71. The molecule has 2 unspecified atom stereocenters. The number of carbonyl (C=O) groups excluding carboxylic acids is 1. The van der Waals surface area contributed by atoms with Crippen molar-refractivity contribution in [3.8, 4) is 5.75 Å². The maximum absolute atomic E-state index is 13.6. The molecule has 1 saturated carbocycles. The number of halogens is 1. The van der Waals surface area contributed by atoms with E-state index in [1.54, 1.807) is 0 Å². The van der Waals surface area contributed by atoms with E-state index in [1.165, 1.54) is 6.42 Å². The van der Waals surface area contributed by atoms with Crippen molar-refractivity contribution < 1.29 is 38.4 Å². The first kappa shape index (κ1) is 19.6. The summed E-state index contributed by atoms with van der Waals surface area (Å²) in [6, 6.07) is 1.61. The lowest BCUT2D eigenvalue weighted by atomic mass is 9.84. The molecule has 1 aromatic carbocycles. The summed E-state index contributed by atoms with van der Waals surface area (Å²) in [5.41, 5.74) is -0.996. The molecular formula is C19H23FO7. The summed E-state index contributed by atoms with van der Waals surface area (Å²) in [5, 5.41) is 18.4. The van der Waals surface area contributed by atoms with Crippen LogP contribution in [0.2, 0.25) is 0 Å². The maximum Gasteiger partial charge on any atom is 0.339 e. The highest BCUT2D eigenvalue weighted by Crippen LogP contribution is 2.39. The smallest absolute Gasteiger partial charge is 0.339 e. The molecule has 0 amide bonds. The van der Waals surface area contributed by atoms with Crippen LogP contribution in [0.1, 0.15) is 59.7 Å². The van der Waals surface area contributed by atoms with Gasteiger partial charge < -0.3 is 24.4 Å². The Hall–Kier alpha value is -2.19. The first-order chi connectivity index (χ1) is 12.8. The molecular weight excluding hydrogens is 359 g/mol. The fraction of sp³-hybridized carbons (Fsp3) is 0.579. The number of rotatable bonds is 5. The number of aromatic carboxylic acids is 1. The number of phenols is 1. The molecule has 2 atom stereocenters. The Morgan fingerprint density at radius 3 is 2.67 bits per heavy atom. The number of hydrogen-bond acceptors (Lipinski definition) is 6. The van der Waals surface area contributed by atoms with Gasteiger partial charge >= 0.3 is 11.9 Å². The summed E-state index contributed by atoms with van der Waals surface area (Å²) in [4.78, 5) is 23.2. The third kappa shape index (κ3) is 4.22. The number of benzene rings is 1. The minimum atomic E-state index is -1.54. The zero-order valence-electron chi connectivity index (χ0n) is 15.1. The SMILES string of the molecule is CC1(C2CCCCC2)OCC(COC(=O)c2cc(F)c(O)c(C(=O)O)c2)O1. The molecule has 2 aliphatic rings. The lowest BCUT2D eigenvalue weighted by molar-refractivity contribution is -0.200. The van der Waals surface area contributed by atoms with Gasteiger partial charge in [0.05, 0.1) is 12.2 Å². The monoisotopic (exact) mass is 382 g/mol. The third-order valence-electron chi connectivity index (χ3n) is 5.23. The molecule has 1 aromatic rings. The zero-order chi connectivity index (χ0) is 19.6. The number of carboxylic acid groups (broad SMARTS) is 1. The first-order valence-corrected chi connectivity index (χ1v) is 9.05. The lowest BCUT2D eigenvalue weighted by Crippen LogP contribution is -2.38. The lowest BCUT2D eigenvalue weighted by Gasteiger charge is -2.35. The van der Waals surface area contributed by atoms with E-state index in [0.29, 0.717) is 5.92 Å². The summed E-state index contributed by atoms with van der Waals surface area (Å²) in [6.07, 6.45) is 5.13. The van der Waals surface area contributed by atoms with Gasteiger partial charge in [-0.05, 0) is 31.9 Å². The zero-order valence-corrected chi connectivity index (χ0v) is 15.1. The Kier molecular flexibility index (Phi) is 5.67. The molecule has 0 bridgehead atoms. The largest absolute Gasteiger partial charge is 0.504 e. The van der Waals surface area contributed by atoms with E-state index >= 15 is 0 Å². The van der Waals surface area contributed by atoms with Gasteiger partial charge in [0.1, 0.15) is 18.3 Å². The van der Waals surface area contributed by atoms with Gasteiger partial charge in [0, 0.05) is 5.92 Å². The molecule has 0 radical (unpaired) electrons. The Labute approximate surface area is 156 Å². The van der Waals surface area contributed by atoms with Crippen LogP contribution in [0.3, 0.4) is 0 Å². The second kappa shape index (κ2) is 7.82. The van der Waals surface area contributed by atoms with E-state index in [9.17, 15) is 19.1 Å². The van der Waals surface area contributed by atoms with Crippen LogP contribution < -0.4 is 0 Å². The molecule has 2 N–H and O–H groups in total. The van der Waals surface area contributed by atoms with Crippen molar-refractivity contribution in [2.75, 3.05) is 13.2 Å². The van der Waals surface area contributed by atoms with Gasteiger partial charge in [-0.2, -0.15) is 0 Å². The predicted molar refractivity (Wildman–Crippen MR) is 91.1 cm³/mol. The third-order valence-corrected chi connectivity index (χ3v) is 5.23. The summed E-state index contributed by atoms with van der Waals surface area (Å²) in [7, 11) is 0. The molecule has 1 saturated heterocycles. The summed E-state index contributed by atoms with van der Waals surface area (Å²) < 4.78 is 30.6. The van der Waals surface area contributed by atoms with Crippen LogP contribution in [0.5, 0.6) is 5.75 Å². The van der Waals surface area contributed by atoms with E-state index in [-0.39, 0.29) is 18.8 Å². The molecule has 27 heavy (non-hydrogen) atoms. The van der Waals surface area contributed by atoms with Crippen molar-refractivity contribution in [1.82, 2.24) is 0 Å². The number of esters is 1. The van der Waals surface area contributed by atoms with Gasteiger partial charge in [-0.15, -0.1) is 0 Å². The van der Waals surface area contributed by atoms with Crippen molar-refractivity contribution in [2.45, 2.75) is 50.9 Å². The van der Waals surface area contributed by atoms with Gasteiger partial charge in [-0.3, -0.25) is 0 Å². The number of aromatic hydroxyl groups is 1. The number of carboxylic acids is 1. The molecule has 1 heterocycles. The summed E-state index contributed by atoms with van der Waals surface area (Å²) in [6.45, 7) is 2.09. The topological polar surface area (TPSA) is 102 Å². The minimum absolute atomic E-state index is 0.0912. The van der Waals surface area contributed by atoms with E-state index in [1.807, 2.05) is 6.92 Å². The molecule has 0 aromatic heterocycles. The number of hydrogen-bond donors (Lipinski definition) is 2. The maximum atomic E-state index is 13.6. The van der Waals surface area contributed by atoms with E-state index < -0.39 is 41.0 Å². The van der Waals surface area contributed by atoms with Gasteiger partial charge in [-0.1, -0.05) is 19.3 Å². The molecule has 8 heteroatoms. The molecule has 148 valence electrons. The van der Waals surface area contributed by atoms with Crippen molar-refractivity contribution in [3.63, 3.8) is 0 Å². The fourth-order valence-corrected chi connectivity index (χ4v) is 3.71. The molecule has 1 aliphatic carbocycles. The van der Waals surface area contributed by atoms with Crippen LogP contribution in [0.25, 0.3) is 0 Å². The molecule has 0 spiro atoms. The molecule has 1 aliphatic heterocycles. The second-order valence-electron chi connectivity index (χ2n) is 7.16. The molecule has 3 rings (SSSR count). The van der Waals surface area contributed by atoms with Crippen molar-refractivity contribution in [3.05, 3.63) is 29.1 Å². The van der Waals surface area contributed by atoms with Crippen LogP contribution in [-0.2, 0) is 14.2 Å². The normalized spacial score (nSPS) is 26.1. The van der Waals surface area contributed by atoms with Crippen LogP contribution in [0.15, 0.2) is 12.1 Å². The van der Waals surface area contributed by atoms with Crippen molar-refractivity contribution in [2.24, 2.45) is 5.92 Å². The van der Waals surface area contributed by atoms with E-state index in [4.69, 9.17) is 19.3 Å². The molecule has 2 fully saturated rings. The number of carbonyl (C=O) groups is 2. The predicted octanol–water partition coefficient (Wildman–Crippen LogP) is 3.10. The Morgan fingerprint density at radius 1 is 1.30 bits per heavy atom. The van der Waals surface area contributed by atoms with Gasteiger partial charge in [-0.25, -0.2) is 14.0 Å². The van der Waals surface area contributed by atoms with Crippen LogP contribution in [-0.4, -0.2) is 47.3 Å². The van der Waals surface area contributed by atoms with E-state index in [0.717, 1.165) is 37.8 Å². The Balaban J connectivity index is 1.59. The minimum Gasteiger partial charge on any atom is -0.504 e. The average Bonchev–Trinajstić information content (AvgIpc) is 3.05. The van der Waals surface area contributed by atoms with Gasteiger partial charge in [0.2, 0.25) is 0 Å². The highest BCUT2D eigenvalue weighted by molar-refractivity contribution is 5.96. The van der Waals surface area contributed by atoms with Crippen LogP contribution in [0, 0.1) is 11.7 Å². The Bertz CT molecular complexity index is 729. The van der Waals surface area contributed by atoms with Crippen LogP contribution in [0.4, 0.5) is 4.39 Å². The van der Waals surface area contributed by atoms with Gasteiger partial charge in [0.15, 0.2) is 17.4 Å². The summed E-state index contributed by atoms with van der Waals surface area (Å²) in [5.74, 6) is -5.06. The first-order valence-electron chi connectivity index (χ1n) is 9.05. The average molecular weight is 382 g/mol. The summed E-state index contributed by atoms with van der Waals surface area (Å²) >= 11 is 0. The van der Waals surface area contributed by atoms with Crippen LogP contribution >= 0.6 is 0 Å². The molecule has 7 nitrogen and oxygen atoms in total. The number of ether oxygens (including phenoxy) is 3. The standard InChI is InChI=1S/C19H23FO7/c1-19(12-5-3-2-4-6-12)26-10-13(27-19)9-25-18(24)11-7-14(17(22)23)16(21)15(20)8-11/h7-8,12-13,21H,2-6,9-10H2,1H3,(H,22,23). The van der Waals surface area contributed by atoms with E-state index in [2.05, 4.69) is 0 Å². The highest BCUT2D eigenvalue weighted by Gasteiger charge is 2.44. The van der Waals surface area contributed by atoms with Crippen molar-refractivity contribution in [1.29, 1.82) is 0 Å².